The normalized spacial score (nSPS) is 16.5. The van der Waals surface area contributed by atoms with E-state index in [0.717, 1.165) is 40.7 Å². The van der Waals surface area contributed by atoms with Crippen LogP contribution in [0.15, 0.2) is 73.1 Å². The zero-order valence-corrected chi connectivity index (χ0v) is 23.1. The fourth-order valence-corrected chi connectivity index (χ4v) is 5.70. The number of nitrogens with zero attached hydrogens (tertiary/aromatic N) is 3. The van der Waals surface area contributed by atoms with Crippen LogP contribution in [0.3, 0.4) is 0 Å². The van der Waals surface area contributed by atoms with Crippen molar-refractivity contribution in [1.82, 2.24) is 20.2 Å². The lowest BCUT2D eigenvalue weighted by molar-refractivity contribution is -0.121. The van der Waals surface area contributed by atoms with E-state index in [0.29, 0.717) is 17.4 Å². The molecule has 2 unspecified atom stereocenters. The lowest BCUT2D eigenvalue weighted by atomic mass is 9.88. The van der Waals surface area contributed by atoms with Crippen LogP contribution >= 0.6 is 11.6 Å². The van der Waals surface area contributed by atoms with Gasteiger partial charge in [0, 0.05) is 53.0 Å². The molecule has 0 radical (unpaired) electrons. The summed E-state index contributed by atoms with van der Waals surface area (Å²) in [4.78, 5) is 39.1. The van der Waals surface area contributed by atoms with Gasteiger partial charge in [0.15, 0.2) is 0 Å². The van der Waals surface area contributed by atoms with Crippen LogP contribution < -0.4 is 15.5 Å². The Morgan fingerprint density at radius 3 is 2.72 bits per heavy atom. The van der Waals surface area contributed by atoms with E-state index in [4.69, 9.17) is 11.6 Å². The van der Waals surface area contributed by atoms with Crippen molar-refractivity contribution in [3.05, 3.63) is 89.2 Å². The van der Waals surface area contributed by atoms with Gasteiger partial charge >= 0.3 is 6.03 Å². The average Bonchev–Trinajstić information content (AvgIpc) is 3.35. The standard InChI is InChI=1S/C30H33ClN6O2/c1-19(24-16-33-25-9-5-4-8-23(24)25)28(35-30(39)34-27-10-6-7-13-32-27)29(38)37-18-20(17-36(2)3)14-21-15-22(31)11-12-26(21)37/h4-13,15-16,19-20,28,33H,14,17-18H2,1-3H3,(H2,32,34,35,39)/t19?,20-,28?/m1/s1. The summed E-state index contributed by atoms with van der Waals surface area (Å²) in [6.45, 7) is 3.35. The number of hydrogen-bond acceptors (Lipinski definition) is 4. The first-order valence-electron chi connectivity index (χ1n) is 13.1. The van der Waals surface area contributed by atoms with Gasteiger partial charge in [-0.25, -0.2) is 9.78 Å². The largest absolute Gasteiger partial charge is 0.361 e. The number of aromatic nitrogens is 2. The second-order valence-electron chi connectivity index (χ2n) is 10.4. The van der Waals surface area contributed by atoms with E-state index < -0.39 is 12.1 Å². The van der Waals surface area contributed by atoms with Crippen molar-refractivity contribution in [2.24, 2.45) is 5.92 Å². The molecule has 9 heteroatoms. The number of rotatable bonds is 7. The van der Waals surface area contributed by atoms with Gasteiger partial charge in [-0.1, -0.05) is 42.8 Å². The van der Waals surface area contributed by atoms with Crippen molar-refractivity contribution in [3.8, 4) is 0 Å². The van der Waals surface area contributed by atoms with Gasteiger partial charge in [-0.15, -0.1) is 0 Å². The predicted octanol–water partition coefficient (Wildman–Crippen LogP) is 5.28. The zero-order chi connectivity index (χ0) is 27.5. The molecule has 5 rings (SSSR count). The minimum Gasteiger partial charge on any atom is -0.361 e. The van der Waals surface area contributed by atoms with Gasteiger partial charge in [-0.3, -0.25) is 10.1 Å². The van der Waals surface area contributed by atoms with Gasteiger partial charge in [-0.2, -0.15) is 0 Å². The zero-order valence-electron chi connectivity index (χ0n) is 22.3. The highest BCUT2D eigenvalue weighted by Crippen LogP contribution is 2.35. The lowest BCUT2D eigenvalue weighted by Crippen LogP contribution is -2.55. The Hall–Kier alpha value is -3.88. The number of carbonyl (C=O) groups is 2. The highest BCUT2D eigenvalue weighted by Gasteiger charge is 2.37. The van der Waals surface area contributed by atoms with E-state index in [2.05, 4.69) is 25.5 Å². The van der Waals surface area contributed by atoms with Crippen LogP contribution in [0, 0.1) is 5.92 Å². The number of urea groups is 1. The Balaban J connectivity index is 1.50. The third-order valence-electron chi connectivity index (χ3n) is 7.24. The third-order valence-corrected chi connectivity index (χ3v) is 7.48. The van der Waals surface area contributed by atoms with Crippen molar-refractivity contribution in [1.29, 1.82) is 0 Å². The summed E-state index contributed by atoms with van der Waals surface area (Å²) in [7, 11) is 4.07. The maximum Gasteiger partial charge on any atom is 0.321 e. The summed E-state index contributed by atoms with van der Waals surface area (Å²) in [6.07, 6.45) is 4.36. The number of H-pyrrole nitrogens is 1. The van der Waals surface area contributed by atoms with Gasteiger partial charge in [0.25, 0.3) is 0 Å². The Morgan fingerprint density at radius 1 is 1.15 bits per heavy atom. The second kappa shape index (κ2) is 11.5. The number of pyridine rings is 1. The number of nitrogens with one attached hydrogen (secondary N) is 3. The van der Waals surface area contributed by atoms with Gasteiger partial charge < -0.3 is 20.1 Å². The number of para-hydroxylation sites is 1. The first-order valence-corrected chi connectivity index (χ1v) is 13.5. The van der Waals surface area contributed by atoms with Crippen molar-refractivity contribution in [2.45, 2.75) is 25.3 Å². The van der Waals surface area contributed by atoms with Gasteiger partial charge in [-0.05, 0) is 74.0 Å². The monoisotopic (exact) mass is 544 g/mol. The molecule has 0 saturated heterocycles. The van der Waals surface area contributed by atoms with Crippen LogP contribution in [0.25, 0.3) is 10.9 Å². The molecule has 8 nitrogen and oxygen atoms in total. The molecular formula is C30H33ClN6O2. The van der Waals surface area contributed by atoms with Gasteiger partial charge in [0.2, 0.25) is 5.91 Å². The van der Waals surface area contributed by atoms with E-state index >= 15 is 0 Å². The highest BCUT2D eigenvalue weighted by atomic mass is 35.5. The van der Waals surface area contributed by atoms with Crippen molar-refractivity contribution in [2.75, 3.05) is 37.4 Å². The fourth-order valence-electron chi connectivity index (χ4n) is 5.51. The molecule has 3 amide bonds. The molecule has 4 aromatic rings. The second-order valence-corrected chi connectivity index (χ2v) is 10.9. The SMILES string of the molecule is CC(c1c[nH]c2ccccc12)C(NC(=O)Nc1ccccn1)C(=O)N1C[C@@H](CN(C)C)Cc2cc(Cl)ccc21. The molecule has 202 valence electrons. The van der Waals surface area contributed by atoms with E-state index in [1.807, 2.05) is 74.6 Å². The van der Waals surface area contributed by atoms with Crippen LogP contribution in [0.2, 0.25) is 5.02 Å². The quantitative estimate of drug-likeness (QED) is 0.295. The Labute approximate surface area is 233 Å². The van der Waals surface area contributed by atoms with E-state index in [-0.39, 0.29) is 17.7 Å². The summed E-state index contributed by atoms with van der Waals surface area (Å²) in [5, 5.41) is 7.41. The van der Waals surface area contributed by atoms with E-state index in [1.54, 1.807) is 24.4 Å². The number of carbonyl (C=O) groups excluding carboxylic acids is 2. The first-order chi connectivity index (χ1) is 18.8. The van der Waals surface area contributed by atoms with Crippen molar-refractivity contribution < 1.29 is 9.59 Å². The minimum absolute atomic E-state index is 0.170. The molecular weight excluding hydrogens is 512 g/mol. The van der Waals surface area contributed by atoms with Crippen molar-refractivity contribution in [3.63, 3.8) is 0 Å². The molecule has 3 N–H and O–H groups in total. The summed E-state index contributed by atoms with van der Waals surface area (Å²) >= 11 is 6.35. The van der Waals surface area contributed by atoms with Crippen LogP contribution in [-0.2, 0) is 11.2 Å². The number of benzene rings is 2. The molecule has 39 heavy (non-hydrogen) atoms. The molecule has 0 spiro atoms. The predicted molar refractivity (Wildman–Crippen MR) is 156 cm³/mol. The minimum atomic E-state index is -0.838. The molecule has 0 aliphatic carbocycles. The summed E-state index contributed by atoms with van der Waals surface area (Å²) in [6, 6.07) is 17.6. The Kier molecular flexibility index (Phi) is 7.86. The molecule has 3 heterocycles. The molecule has 0 saturated carbocycles. The summed E-state index contributed by atoms with van der Waals surface area (Å²) < 4.78 is 0. The number of anilines is 2. The van der Waals surface area contributed by atoms with E-state index in [9.17, 15) is 9.59 Å². The fraction of sp³-hybridized carbons (Fsp3) is 0.300. The number of halogens is 1. The van der Waals surface area contributed by atoms with Gasteiger partial charge in [0.05, 0.1) is 0 Å². The Morgan fingerprint density at radius 2 is 1.95 bits per heavy atom. The molecule has 0 fully saturated rings. The van der Waals surface area contributed by atoms with Crippen molar-refractivity contribution >= 4 is 45.9 Å². The Bertz CT molecular complexity index is 1470. The molecule has 3 atom stereocenters. The maximum absolute atomic E-state index is 14.4. The van der Waals surface area contributed by atoms with E-state index in [1.165, 1.54) is 0 Å². The van der Waals surface area contributed by atoms with Crippen LogP contribution in [0.1, 0.15) is 24.0 Å². The first kappa shape index (κ1) is 26.7. The molecule has 0 bridgehead atoms. The molecule has 2 aromatic heterocycles. The number of fused-ring (bicyclic) bond motifs is 2. The van der Waals surface area contributed by atoms with Crippen LogP contribution in [-0.4, -0.2) is 60.0 Å². The number of aromatic amines is 1. The molecule has 1 aliphatic heterocycles. The number of amides is 3. The van der Waals surface area contributed by atoms with Gasteiger partial charge in [0.1, 0.15) is 11.9 Å². The van der Waals surface area contributed by atoms with Crippen LogP contribution in [0.5, 0.6) is 0 Å². The third kappa shape index (κ3) is 5.92. The highest BCUT2D eigenvalue weighted by molar-refractivity contribution is 6.30. The lowest BCUT2D eigenvalue weighted by Gasteiger charge is -2.38. The number of hydrogen-bond donors (Lipinski definition) is 3. The molecule has 1 aliphatic rings. The average molecular weight is 545 g/mol. The topological polar surface area (TPSA) is 93.4 Å². The summed E-state index contributed by atoms with van der Waals surface area (Å²) in [5.41, 5.74) is 3.81. The summed E-state index contributed by atoms with van der Waals surface area (Å²) in [5.74, 6) is 0.135. The maximum atomic E-state index is 14.4. The smallest absolute Gasteiger partial charge is 0.321 e. The van der Waals surface area contributed by atoms with Crippen LogP contribution in [0.4, 0.5) is 16.3 Å². The molecule has 2 aromatic carbocycles.